The van der Waals surface area contributed by atoms with Crippen molar-refractivity contribution in [3.05, 3.63) is 29.0 Å². The second kappa shape index (κ2) is 9.35. The second-order valence-electron chi connectivity index (χ2n) is 4.92. The average Bonchev–Trinajstić information content (AvgIpc) is 2.38. The van der Waals surface area contributed by atoms with Gasteiger partial charge in [-0.2, -0.15) is 0 Å². The quantitative estimate of drug-likeness (QED) is 0.649. The predicted molar refractivity (Wildman–Crippen MR) is 78.8 cm³/mol. The molecule has 1 aromatic rings. The lowest BCUT2D eigenvalue weighted by atomic mass is 10.0. The van der Waals surface area contributed by atoms with Crippen LogP contribution in [0, 0.1) is 0 Å². The van der Waals surface area contributed by atoms with Crippen molar-refractivity contribution < 1.29 is 0 Å². The number of aromatic nitrogens is 1. The lowest BCUT2D eigenvalue weighted by molar-refractivity contribution is 0.535. The summed E-state index contributed by atoms with van der Waals surface area (Å²) in [5, 5.41) is 0.668. The van der Waals surface area contributed by atoms with Crippen LogP contribution in [0.3, 0.4) is 0 Å². The fourth-order valence-corrected chi connectivity index (χ4v) is 2.19. The third kappa shape index (κ3) is 6.36. The summed E-state index contributed by atoms with van der Waals surface area (Å²) in [7, 11) is 0. The summed E-state index contributed by atoms with van der Waals surface area (Å²) in [6, 6.07) is 3.83. The lowest BCUT2D eigenvalue weighted by Crippen LogP contribution is -2.11. The van der Waals surface area contributed by atoms with Gasteiger partial charge < -0.3 is 5.73 Å². The van der Waals surface area contributed by atoms with Gasteiger partial charge in [0.25, 0.3) is 0 Å². The maximum absolute atomic E-state index is 6.10. The Morgan fingerprint density at radius 1 is 1.11 bits per heavy atom. The van der Waals surface area contributed by atoms with E-state index in [2.05, 4.69) is 11.9 Å². The molecule has 102 valence electrons. The van der Waals surface area contributed by atoms with Crippen LogP contribution in [0.4, 0.5) is 0 Å². The highest BCUT2D eigenvalue weighted by molar-refractivity contribution is 6.30. The van der Waals surface area contributed by atoms with Gasteiger partial charge in [0.05, 0.1) is 10.7 Å². The van der Waals surface area contributed by atoms with Crippen molar-refractivity contribution in [3.63, 3.8) is 0 Å². The number of nitrogens with two attached hydrogens (primary N) is 1. The highest BCUT2D eigenvalue weighted by Crippen LogP contribution is 2.17. The molecule has 0 fully saturated rings. The number of halogens is 1. The SMILES string of the molecule is CCCCCCCCCC(N)c1ccc(Cl)cn1. The first-order chi connectivity index (χ1) is 8.74. The summed E-state index contributed by atoms with van der Waals surface area (Å²) in [5.41, 5.74) is 7.05. The first-order valence-electron chi connectivity index (χ1n) is 7.11. The molecular formula is C15H25ClN2. The van der Waals surface area contributed by atoms with Gasteiger partial charge in [0.15, 0.2) is 0 Å². The molecule has 1 aromatic heterocycles. The molecule has 0 aliphatic heterocycles. The van der Waals surface area contributed by atoms with Crippen LogP contribution in [-0.4, -0.2) is 4.98 Å². The molecule has 0 aromatic carbocycles. The van der Waals surface area contributed by atoms with E-state index in [9.17, 15) is 0 Å². The Morgan fingerprint density at radius 2 is 1.78 bits per heavy atom. The van der Waals surface area contributed by atoms with Gasteiger partial charge in [0.1, 0.15) is 0 Å². The maximum Gasteiger partial charge on any atom is 0.0589 e. The standard InChI is InChI=1S/C15H25ClN2/c1-2-3-4-5-6-7-8-9-14(17)15-11-10-13(16)12-18-15/h10-12,14H,2-9,17H2,1H3. The van der Waals surface area contributed by atoms with E-state index in [0.717, 1.165) is 12.1 Å². The third-order valence-electron chi connectivity index (χ3n) is 3.25. The van der Waals surface area contributed by atoms with Crippen LogP contribution in [0.2, 0.25) is 5.02 Å². The number of pyridine rings is 1. The molecule has 0 saturated carbocycles. The molecule has 18 heavy (non-hydrogen) atoms. The highest BCUT2D eigenvalue weighted by atomic mass is 35.5. The number of rotatable bonds is 9. The fraction of sp³-hybridized carbons (Fsp3) is 0.667. The van der Waals surface area contributed by atoms with Crippen LogP contribution in [0.15, 0.2) is 18.3 Å². The Hall–Kier alpha value is -0.600. The van der Waals surface area contributed by atoms with Crippen molar-refractivity contribution in [2.24, 2.45) is 5.73 Å². The van der Waals surface area contributed by atoms with Gasteiger partial charge in [0.2, 0.25) is 0 Å². The van der Waals surface area contributed by atoms with Crippen molar-refractivity contribution in [2.45, 2.75) is 64.3 Å². The van der Waals surface area contributed by atoms with Gasteiger partial charge in [-0.25, -0.2) is 0 Å². The van der Waals surface area contributed by atoms with E-state index in [1.54, 1.807) is 6.20 Å². The zero-order valence-corrected chi connectivity index (χ0v) is 12.1. The normalized spacial score (nSPS) is 12.6. The number of hydrogen-bond donors (Lipinski definition) is 1. The van der Waals surface area contributed by atoms with Crippen LogP contribution in [-0.2, 0) is 0 Å². The molecule has 2 nitrogen and oxygen atoms in total. The molecule has 0 radical (unpaired) electrons. The van der Waals surface area contributed by atoms with Crippen molar-refractivity contribution in [3.8, 4) is 0 Å². The lowest BCUT2D eigenvalue weighted by Gasteiger charge is -2.10. The summed E-state index contributed by atoms with van der Waals surface area (Å²) in [6.07, 6.45) is 11.9. The fourth-order valence-electron chi connectivity index (χ4n) is 2.08. The molecule has 2 N–H and O–H groups in total. The summed E-state index contributed by atoms with van der Waals surface area (Å²) >= 11 is 5.80. The molecule has 1 atom stereocenters. The minimum atomic E-state index is 0.0536. The van der Waals surface area contributed by atoms with Crippen LogP contribution < -0.4 is 5.73 Å². The van der Waals surface area contributed by atoms with Gasteiger partial charge in [-0.3, -0.25) is 4.98 Å². The topological polar surface area (TPSA) is 38.9 Å². The van der Waals surface area contributed by atoms with Gasteiger partial charge in [-0.1, -0.05) is 63.5 Å². The van der Waals surface area contributed by atoms with E-state index in [1.807, 2.05) is 12.1 Å². The van der Waals surface area contributed by atoms with Crippen LogP contribution >= 0.6 is 11.6 Å². The monoisotopic (exact) mass is 268 g/mol. The van der Waals surface area contributed by atoms with Crippen molar-refractivity contribution >= 4 is 11.6 Å². The highest BCUT2D eigenvalue weighted by Gasteiger charge is 2.06. The Labute approximate surface area is 116 Å². The van der Waals surface area contributed by atoms with Gasteiger partial charge in [0, 0.05) is 12.2 Å². The molecule has 0 amide bonds. The van der Waals surface area contributed by atoms with Crippen LogP contribution in [0.1, 0.15) is 70.0 Å². The van der Waals surface area contributed by atoms with Crippen LogP contribution in [0.5, 0.6) is 0 Å². The Bertz CT molecular complexity index is 311. The smallest absolute Gasteiger partial charge is 0.0589 e. The molecule has 0 aliphatic rings. The van der Waals surface area contributed by atoms with E-state index >= 15 is 0 Å². The molecule has 0 spiro atoms. The molecule has 3 heteroatoms. The Kier molecular flexibility index (Phi) is 8.03. The van der Waals surface area contributed by atoms with Gasteiger partial charge in [-0.15, -0.1) is 0 Å². The van der Waals surface area contributed by atoms with Crippen molar-refractivity contribution in [2.75, 3.05) is 0 Å². The van der Waals surface area contributed by atoms with E-state index in [-0.39, 0.29) is 6.04 Å². The van der Waals surface area contributed by atoms with E-state index in [0.29, 0.717) is 5.02 Å². The number of unbranched alkanes of at least 4 members (excludes halogenated alkanes) is 6. The second-order valence-corrected chi connectivity index (χ2v) is 5.35. The molecule has 1 unspecified atom stereocenters. The minimum Gasteiger partial charge on any atom is -0.323 e. The number of hydrogen-bond acceptors (Lipinski definition) is 2. The van der Waals surface area contributed by atoms with Crippen molar-refractivity contribution in [1.82, 2.24) is 4.98 Å². The Morgan fingerprint density at radius 3 is 2.39 bits per heavy atom. The molecular weight excluding hydrogens is 244 g/mol. The van der Waals surface area contributed by atoms with Crippen molar-refractivity contribution in [1.29, 1.82) is 0 Å². The zero-order chi connectivity index (χ0) is 13.2. The molecule has 0 bridgehead atoms. The first-order valence-corrected chi connectivity index (χ1v) is 7.49. The largest absolute Gasteiger partial charge is 0.323 e. The van der Waals surface area contributed by atoms with E-state index < -0.39 is 0 Å². The summed E-state index contributed by atoms with van der Waals surface area (Å²) < 4.78 is 0. The molecule has 1 heterocycles. The predicted octanol–water partition coefficient (Wildman–Crippen LogP) is 4.88. The summed E-state index contributed by atoms with van der Waals surface area (Å²) in [5.74, 6) is 0. The van der Waals surface area contributed by atoms with E-state index in [1.165, 1.54) is 44.9 Å². The van der Waals surface area contributed by atoms with E-state index in [4.69, 9.17) is 17.3 Å². The summed E-state index contributed by atoms with van der Waals surface area (Å²) in [6.45, 7) is 2.25. The van der Waals surface area contributed by atoms with Gasteiger partial charge >= 0.3 is 0 Å². The maximum atomic E-state index is 6.10. The van der Waals surface area contributed by atoms with Crippen LogP contribution in [0.25, 0.3) is 0 Å². The number of nitrogens with zero attached hydrogens (tertiary/aromatic N) is 1. The molecule has 0 aliphatic carbocycles. The average molecular weight is 269 g/mol. The molecule has 0 saturated heterocycles. The minimum absolute atomic E-state index is 0.0536. The zero-order valence-electron chi connectivity index (χ0n) is 11.4. The molecule has 1 rings (SSSR count). The third-order valence-corrected chi connectivity index (χ3v) is 3.47. The van der Waals surface area contributed by atoms with Gasteiger partial charge in [-0.05, 0) is 18.6 Å². The first kappa shape index (κ1) is 15.5. The Balaban J connectivity index is 2.10. The summed E-state index contributed by atoms with van der Waals surface area (Å²) in [4.78, 5) is 4.26.